The number of carbonyl (C=O) groups excluding carboxylic acids is 1. The first-order valence-electron chi connectivity index (χ1n) is 6.56. The molecule has 1 aliphatic rings. The zero-order chi connectivity index (χ0) is 15.8. The molecule has 0 unspecified atom stereocenters. The standard InChI is InChI=1S/C14H17Cl2N3O2/c1-7-5-14(6-7,12(17)19-21)13(20)18-11-9(15)4-3-8(2)10(11)16/h3-4,7,21H,5-6H2,1-2H3,(H2,17,19)(H,18,20). The number of amides is 1. The van der Waals surface area contributed by atoms with Crippen LogP contribution in [0.4, 0.5) is 5.69 Å². The van der Waals surface area contributed by atoms with Crippen molar-refractivity contribution in [2.75, 3.05) is 5.32 Å². The number of nitrogens with zero attached hydrogens (tertiary/aromatic N) is 1. The fourth-order valence-corrected chi connectivity index (χ4v) is 3.21. The summed E-state index contributed by atoms with van der Waals surface area (Å²) in [5.74, 6) is -0.109. The molecule has 114 valence electrons. The number of aryl methyl sites for hydroxylation is 1. The van der Waals surface area contributed by atoms with Gasteiger partial charge in [0, 0.05) is 0 Å². The summed E-state index contributed by atoms with van der Waals surface area (Å²) in [4.78, 5) is 12.6. The molecule has 7 heteroatoms. The highest BCUT2D eigenvalue weighted by Crippen LogP contribution is 2.47. The van der Waals surface area contributed by atoms with Gasteiger partial charge in [0.25, 0.3) is 0 Å². The molecule has 1 aromatic rings. The van der Waals surface area contributed by atoms with Crippen molar-refractivity contribution >= 4 is 40.6 Å². The first kappa shape index (κ1) is 15.9. The van der Waals surface area contributed by atoms with E-state index in [4.69, 9.17) is 34.1 Å². The lowest BCUT2D eigenvalue weighted by molar-refractivity contribution is -0.127. The normalized spacial score (nSPS) is 25.3. The monoisotopic (exact) mass is 329 g/mol. The molecule has 21 heavy (non-hydrogen) atoms. The van der Waals surface area contributed by atoms with Crippen LogP contribution in [0.3, 0.4) is 0 Å². The van der Waals surface area contributed by atoms with Crippen LogP contribution >= 0.6 is 23.2 Å². The van der Waals surface area contributed by atoms with Crippen molar-refractivity contribution in [3.05, 3.63) is 27.7 Å². The lowest BCUT2D eigenvalue weighted by Crippen LogP contribution is -2.54. The largest absolute Gasteiger partial charge is 0.409 e. The number of halogens is 2. The van der Waals surface area contributed by atoms with Crippen LogP contribution in [0, 0.1) is 18.3 Å². The number of benzene rings is 1. The van der Waals surface area contributed by atoms with Gasteiger partial charge >= 0.3 is 0 Å². The van der Waals surface area contributed by atoms with Gasteiger partial charge in [0.15, 0.2) is 5.84 Å². The summed E-state index contributed by atoms with van der Waals surface area (Å²) in [6.07, 6.45) is 1.05. The van der Waals surface area contributed by atoms with E-state index in [0.717, 1.165) is 5.56 Å². The Bertz CT molecular complexity index is 610. The summed E-state index contributed by atoms with van der Waals surface area (Å²) >= 11 is 12.3. The van der Waals surface area contributed by atoms with E-state index in [9.17, 15) is 4.79 Å². The average Bonchev–Trinajstić information content (AvgIpc) is 2.42. The first-order chi connectivity index (χ1) is 9.81. The zero-order valence-corrected chi connectivity index (χ0v) is 13.3. The molecule has 0 spiro atoms. The molecule has 2 rings (SSSR count). The minimum Gasteiger partial charge on any atom is -0.409 e. The Morgan fingerprint density at radius 2 is 2.10 bits per heavy atom. The SMILES string of the molecule is Cc1ccc(Cl)c(NC(=O)C2(/C(N)=N/O)CC(C)C2)c1Cl. The van der Waals surface area contributed by atoms with Gasteiger partial charge in [-0.05, 0) is 37.3 Å². The zero-order valence-electron chi connectivity index (χ0n) is 11.8. The van der Waals surface area contributed by atoms with Crippen LogP contribution in [0.5, 0.6) is 0 Å². The summed E-state index contributed by atoms with van der Waals surface area (Å²) in [6.45, 7) is 3.82. The van der Waals surface area contributed by atoms with Crippen LogP contribution in [0.1, 0.15) is 25.3 Å². The lowest BCUT2D eigenvalue weighted by Gasteiger charge is -2.43. The third kappa shape index (κ3) is 2.68. The fraction of sp³-hybridized carbons (Fsp3) is 0.429. The average molecular weight is 330 g/mol. The number of rotatable bonds is 3. The molecule has 0 bridgehead atoms. The van der Waals surface area contributed by atoms with E-state index in [1.54, 1.807) is 12.1 Å². The molecule has 0 aliphatic heterocycles. The van der Waals surface area contributed by atoms with E-state index < -0.39 is 5.41 Å². The Morgan fingerprint density at radius 3 is 2.62 bits per heavy atom. The van der Waals surface area contributed by atoms with Crippen molar-refractivity contribution in [2.45, 2.75) is 26.7 Å². The summed E-state index contributed by atoms with van der Waals surface area (Å²) < 4.78 is 0. The van der Waals surface area contributed by atoms with Crippen molar-refractivity contribution in [1.82, 2.24) is 0 Å². The third-order valence-electron chi connectivity index (χ3n) is 3.95. The topological polar surface area (TPSA) is 87.7 Å². The quantitative estimate of drug-likeness (QED) is 0.343. The molecule has 0 aromatic heterocycles. The molecular weight excluding hydrogens is 313 g/mol. The molecule has 0 radical (unpaired) electrons. The maximum atomic E-state index is 12.6. The number of nitrogens with two attached hydrogens (primary N) is 1. The van der Waals surface area contributed by atoms with Gasteiger partial charge in [-0.2, -0.15) is 0 Å². The number of hydrogen-bond acceptors (Lipinski definition) is 3. The fourth-order valence-electron chi connectivity index (χ4n) is 2.74. The van der Waals surface area contributed by atoms with Crippen molar-refractivity contribution in [2.24, 2.45) is 22.2 Å². The molecule has 0 atom stereocenters. The van der Waals surface area contributed by atoms with Gasteiger partial charge in [0.05, 0.1) is 15.7 Å². The number of carbonyl (C=O) groups is 1. The molecule has 1 aromatic carbocycles. The second-order valence-electron chi connectivity index (χ2n) is 5.59. The maximum absolute atomic E-state index is 12.6. The summed E-state index contributed by atoms with van der Waals surface area (Å²) in [7, 11) is 0. The van der Waals surface area contributed by atoms with E-state index in [1.807, 2.05) is 13.8 Å². The Balaban J connectivity index is 2.32. The van der Waals surface area contributed by atoms with Crippen molar-refractivity contribution in [1.29, 1.82) is 0 Å². The first-order valence-corrected chi connectivity index (χ1v) is 7.31. The highest BCUT2D eigenvalue weighted by molar-refractivity contribution is 6.40. The van der Waals surface area contributed by atoms with Crippen LogP contribution in [0.25, 0.3) is 0 Å². The maximum Gasteiger partial charge on any atom is 0.238 e. The van der Waals surface area contributed by atoms with Gasteiger partial charge in [-0.1, -0.05) is 41.3 Å². The summed E-state index contributed by atoms with van der Waals surface area (Å²) in [5, 5.41) is 15.4. The molecule has 1 aliphatic carbocycles. The molecule has 0 saturated heterocycles. The molecule has 5 nitrogen and oxygen atoms in total. The predicted octanol–water partition coefficient (Wildman–Crippen LogP) is 3.40. The Labute approximate surface area is 133 Å². The van der Waals surface area contributed by atoms with E-state index in [2.05, 4.69) is 10.5 Å². The Morgan fingerprint density at radius 1 is 1.48 bits per heavy atom. The summed E-state index contributed by atoms with van der Waals surface area (Å²) in [6, 6.07) is 3.43. The van der Waals surface area contributed by atoms with Gasteiger partial charge in [-0.15, -0.1) is 0 Å². The van der Waals surface area contributed by atoms with Gasteiger partial charge in [-0.25, -0.2) is 0 Å². The summed E-state index contributed by atoms with van der Waals surface area (Å²) in [5.41, 5.74) is 5.87. The van der Waals surface area contributed by atoms with E-state index in [-0.39, 0.29) is 11.7 Å². The van der Waals surface area contributed by atoms with Crippen LogP contribution < -0.4 is 11.1 Å². The van der Waals surface area contributed by atoms with Crippen LogP contribution in [-0.2, 0) is 4.79 Å². The third-order valence-corrected chi connectivity index (χ3v) is 4.75. The van der Waals surface area contributed by atoms with Gasteiger partial charge < -0.3 is 16.3 Å². The molecule has 1 saturated carbocycles. The Hall–Kier alpha value is -1.46. The lowest BCUT2D eigenvalue weighted by atomic mass is 9.61. The van der Waals surface area contributed by atoms with Crippen LogP contribution in [-0.4, -0.2) is 17.0 Å². The number of amidine groups is 1. The van der Waals surface area contributed by atoms with Crippen LogP contribution in [0.2, 0.25) is 10.0 Å². The van der Waals surface area contributed by atoms with Crippen molar-refractivity contribution in [3.8, 4) is 0 Å². The number of nitrogens with one attached hydrogen (secondary N) is 1. The van der Waals surface area contributed by atoms with Crippen molar-refractivity contribution < 1.29 is 10.0 Å². The van der Waals surface area contributed by atoms with Gasteiger partial charge in [0.2, 0.25) is 5.91 Å². The molecular formula is C14H17Cl2N3O2. The van der Waals surface area contributed by atoms with E-state index in [0.29, 0.717) is 34.5 Å². The highest BCUT2D eigenvalue weighted by Gasteiger charge is 2.52. The molecule has 0 heterocycles. The van der Waals surface area contributed by atoms with Gasteiger partial charge in [0.1, 0.15) is 5.41 Å². The smallest absolute Gasteiger partial charge is 0.238 e. The van der Waals surface area contributed by atoms with E-state index >= 15 is 0 Å². The number of hydrogen-bond donors (Lipinski definition) is 3. The number of anilines is 1. The molecule has 1 fully saturated rings. The highest BCUT2D eigenvalue weighted by atomic mass is 35.5. The molecule has 1 amide bonds. The minimum absolute atomic E-state index is 0.0852. The second-order valence-corrected chi connectivity index (χ2v) is 6.37. The predicted molar refractivity (Wildman–Crippen MR) is 84.1 cm³/mol. The van der Waals surface area contributed by atoms with Crippen LogP contribution in [0.15, 0.2) is 17.3 Å². The second kappa shape index (κ2) is 5.73. The Kier molecular flexibility index (Phi) is 4.35. The minimum atomic E-state index is -0.995. The van der Waals surface area contributed by atoms with Crippen molar-refractivity contribution in [3.63, 3.8) is 0 Å². The number of oxime groups is 1. The molecule has 4 N–H and O–H groups in total. The van der Waals surface area contributed by atoms with E-state index in [1.165, 1.54) is 0 Å². The van der Waals surface area contributed by atoms with Gasteiger partial charge in [-0.3, -0.25) is 4.79 Å².